The zero-order chi connectivity index (χ0) is 37.9. The lowest BCUT2D eigenvalue weighted by molar-refractivity contribution is 1.15. The molecule has 270 valence electrons. The van der Waals surface area contributed by atoms with Crippen molar-refractivity contribution in [2.45, 2.75) is 0 Å². The Balaban J connectivity index is 1.01. The van der Waals surface area contributed by atoms with Crippen LogP contribution in [0.3, 0.4) is 0 Å². The predicted molar refractivity (Wildman–Crippen MR) is 235 cm³/mol. The zero-order valence-electron chi connectivity index (χ0n) is 30.9. The third kappa shape index (κ3) is 4.23. The second kappa shape index (κ2) is 11.7. The van der Waals surface area contributed by atoms with E-state index in [-0.39, 0.29) is 0 Å². The summed E-state index contributed by atoms with van der Waals surface area (Å²) in [5.74, 6) is 0. The van der Waals surface area contributed by atoms with Gasteiger partial charge >= 0.3 is 0 Å². The van der Waals surface area contributed by atoms with Gasteiger partial charge < -0.3 is 18.3 Å². The van der Waals surface area contributed by atoms with E-state index in [1.807, 2.05) is 49.1 Å². The molecule has 8 nitrogen and oxygen atoms in total. The molecule has 0 saturated heterocycles. The van der Waals surface area contributed by atoms with Crippen LogP contribution in [0.5, 0.6) is 0 Å². The van der Waals surface area contributed by atoms with Crippen molar-refractivity contribution in [3.8, 4) is 22.7 Å². The second-order valence-electron chi connectivity index (χ2n) is 14.8. The third-order valence-electron chi connectivity index (χ3n) is 11.7. The summed E-state index contributed by atoms with van der Waals surface area (Å²) in [5.41, 5.74) is 16.8. The first kappa shape index (κ1) is 31.1. The van der Waals surface area contributed by atoms with Crippen LogP contribution in [0.25, 0.3) is 110 Å². The summed E-state index contributed by atoms with van der Waals surface area (Å²) in [4.78, 5) is 19.6. The number of para-hydroxylation sites is 2. The highest BCUT2D eigenvalue weighted by molar-refractivity contribution is 6.13. The Morgan fingerprint density at radius 3 is 1.00 bits per heavy atom. The molecule has 0 N–H and O–H groups in total. The Hall–Kier alpha value is -8.10. The minimum Gasteiger partial charge on any atom is -0.308 e. The molecule has 13 rings (SSSR count). The quantitative estimate of drug-likeness (QED) is 0.180. The van der Waals surface area contributed by atoms with Gasteiger partial charge in [0.25, 0.3) is 0 Å². The maximum Gasteiger partial charge on any atom is 0.0964 e. The van der Waals surface area contributed by atoms with Gasteiger partial charge in [-0.1, -0.05) is 36.4 Å². The monoisotopic (exact) mass is 742 g/mol. The largest absolute Gasteiger partial charge is 0.308 e. The Kier molecular flexibility index (Phi) is 6.29. The first-order valence-corrected chi connectivity index (χ1v) is 19.4. The standard InChI is InChI=1S/C50H30N8/c1-2-10-31(11-3-1)55-40-21-18-33(29-36(40)48-44(55)15-7-25-52-48)57-42-23-20-34(30-38(42)50-46(57)17-9-27-54-50)58-41-22-19-32(28-37(41)49-45(58)16-8-26-53-49)56-39-13-5-4-12-35(39)47-43(56)14-6-24-51-47/h1-30H. The molecule has 0 unspecified atom stereocenters. The lowest BCUT2D eigenvalue weighted by Crippen LogP contribution is -1.97. The summed E-state index contributed by atoms with van der Waals surface area (Å²) >= 11 is 0. The highest BCUT2D eigenvalue weighted by Gasteiger charge is 2.21. The summed E-state index contributed by atoms with van der Waals surface area (Å²) in [6, 6.07) is 55.8. The average molecular weight is 743 g/mol. The molecule has 0 amide bonds. The molecule has 8 heterocycles. The highest BCUT2D eigenvalue weighted by Crippen LogP contribution is 2.39. The molecule has 0 aliphatic rings. The van der Waals surface area contributed by atoms with E-state index in [0.29, 0.717) is 0 Å². The van der Waals surface area contributed by atoms with Gasteiger partial charge in [0.1, 0.15) is 0 Å². The Bertz CT molecular complexity index is 3760. The first-order valence-electron chi connectivity index (χ1n) is 19.4. The van der Waals surface area contributed by atoms with Crippen molar-refractivity contribution < 1.29 is 0 Å². The molecule has 0 aliphatic carbocycles. The number of nitrogens with zero attached hydrogens (tertiary/aromatic N) is 8. The second-order valence-corrected chi connectivity index (χ2v) is 14.8. The normalized spacial score (nSPS) is 12.1. The van der Waals surface area contributed by atoms with Crippen LogP contribution in [-0.2, 0) is 0 Å². The molecule has 5 aromatic carbocycles. The molecule has 0 saturated carbocycles. The van der Waals surface area contributed by atoms with Gasteiger partial charge in [0, 0.05) is 69.1 Å². The minimum atomic E-state index is 0.949. The number of benzene rings is 5. The Morgan fingerprint density at radius 2 is 0.569 bits per heavy atom. The molecule has 0 bridgehead atoms. The van der Waals surface area contributed by atoms with Gasteiger partial charge in [-0.25, -0.2) is 0 Å². The van der Waals surface area contributed by atoms with E-state index in [2.05, 4.69) is 152 Å². The smallest absolute Gasteiger partial charge is 0.0964 e. The van der Waals surface area contributed by atoms with Crippen molar-refractivity contribution in [2.24, 2.45) is 0 Å². The summed E-state index contributed by atoms with van der Waals surface area (Å²) in [5, 5.41) is 4.39. The lowest BCUT2D eigenvalue weighted by Gasteiger charge is -2.11. The van der Waals surface area contributed by atoms with Gasteiger partial charge in [0.2, 0.25) is 0 Å². The number of fused-ring (bicyclic) bond motifs is 12. The lowest BCUT2D eigenvalue weighted by atomic mass is 10.2. The van der Waals surface area contributed by atoms with Crippen molar-refractivity contribution in [1.82, 2.24) is 38.2 Å². The van der Waals surface area contributed by atoms with Crippen molar-refractivity contribution in [2.75, 3.05) is 0 Å². The van der Waals surface area contributed by atoms with Crippen LogP contribution in [0.2, 0.25) is 0 Å². The van der Waals surface area contributed by atoms with Gasteiger partial charge in [-0.2, -0.15) is 0 Å². The molecule has 58 heavy (non-hydrogen) atoms. The summed E-state index contributed by atoms with van der Waals surface area (Å²) < 4.78 is 9.26. The Labute approximate surface area is 330 Å². The average Bonchev–Trinajstić information content (AvgIpc) is 4.01. The van der Waals surface area contributed by atoms with Crippen molar-refractivity contribution in [3.05, 3.63) is 183 Å². The van der Waals surface area contributed by atoms with Gasteiger partial charge in [0.05, 0.1) is 66.2 Å². The maximum atomic E-state index is 4.98. The SMILES string of the molecule is c1ccc(-n2c3ccc(-n4c5ccc(-n6c7ccc(-n8c9ccccc9c9ncccc98)cc7c7ncccc76)cc5c5ncccc54)cc3c3ncccc32)cc1. The van der Waals surface area contributed by atoms with Gasteiger partial charge in [0.15, 0.2) is 0 Å². The summed E-state index contributed by atoms with van der Waals surface area (Å²) in [7, 11) is 0. The van der Waals surface area contributed by atoms with E-state index in [1.165, 1.54) is 0 Å². The van der Waals surface area contributed by atoms with Crippen molar-refractivity contribution in [1.29, 1.82) is 0 Å². The molecule has 0 fully saturated rings. The van der Waals surface area contributed by atoms with Crippen LogP contribution in [0.15, 0.2) is 183 Å². The molecule has 0 aliphatic heterocycles. The van der Waals surface area contributed by atoms with E-state index in [9.17, 15) is 0 Å². The van der Waals surface area contributed by atoms with Crippen LogP contribution >= 0.6 is 0 Å². The molecule has 8 aromatic heterocycles. The molecular weight excluding hydrogens is 713 g/mol. The van der Waals surface area contributed by atoms with Gasteiger partial charge in [-0.3, -0.25) is 19.9 Å². The van der Waals surface area contributed by atoms with Gasteiger partial charge in [-0.05, 0) is 121 Å². The maximum absolute atomic E-state index is 4.98. The molecular formula is C50H30N8. The number of aromatic nitrogens is 8. The zero-order valence-corrected chi connectivity index (χ0v) is 30.9. The predicted octanol–water partition coefficient (Wildman–Crippen LogP) is 11.7. The third-order valence-corrected chi connectivity index (χ3v) is 11.7. The molecule has 0 atom stereocenters. The molecule has 8 heteroatoms. The van der Waals surface area contributed by atoms with E-state index in [4.69, 9.17) is 19.9 Å². The first-order chi connectivity index (χ1) is 28.8. The fourth-order valence-corrected chi connectivity index (χ4v) is 9.36. The van der Waals surface area contributed by atoms with Gasteiger partial charge in [-0.15, -0.1) is 0 Å². The van der Waals surface area contributed by atoms with Crippen LogP contribution in [-0.4, -0.2) is 38.2 Å². The summed E-state index contributed by atoms with van der Waals surface area (Å²) in [6.07, 6.45) is 7.51. The van der Waals surface area contributed by atoms with Crippen LogP contribution in [0, 0.1) is 0 Å². The molecule has 13 aromatic rings. The summed E-state index contributed by atoms with van der Waals surface area (Å²) in [6.45, 7) is 0. The fourth-order valence-electron chi connectivity index (χ4n) is 9.36. The number of hydrogen-bond donors (Lipinski definition) is 0. The van der Waals surface area contributed by atoms with Crippen molar-refractivity contribution >= 4 is 87.7 Å². The Morgan fingerprint density at radius 1 is 0.241 bits per heavy atom. The minimum absolute atomic E-state index is 0.949. The molecule has 0 spiro atoms. The number of hydrogen-bond acceptors (Lipinski definition) is 4. The number of pyridine rings is 4. The van der Waals surface area contributed by atoms with E-state index < -0.39 is 0 Å². The van der Waals surface area contributed by atoms with E-state index >= 15 is 0 Å². The van der Waals surface area contributed by atoms with E-state index in [1.54, 1.807) is 0 Å². The van der Waals surface area contributed by atoms with Crippen LogP contribution < -0.4 is 0 Å². The fraction of sp³-hybridized carbons (Fsp3) is 0. The number of rotatable bonds is 4. The topological polar surface area (TPSA) is 71.3 Å². The molecule has 0 radical (unpaired) electrons. The van der Waals surface area contributed by atoms with E-state index in [0.717, 1.165) is 110 Å². The van der Waals surface area contributed by atoms with Crippen LogP contribution in [0.4, 0.5) is 0 Å². The highest BCUT2D eigenvalue weighted by atomic mass is 15.0. The van der Waals surface area contributed by atoms with Crippen molar-refractivity contribution in [3.63, 3.8) is 0 Å². The van der Waals surface area contributed by atoms with Crippen LogP contribution in [0.1, 0.15) is 0 Å².